The Kier molecular flexibility index (Phi) is 4.69. The summed E-state index contributed by atoms with van der Waals surface area (Å²) < 4.78 is 1.97. The predicted octanol–water partition coefficient (Wildman–Crippen LogP) is 2.57. The molecule has 3 nitrogen and oxygen atoms in total. The Morgan fingerprint density at radius 1 is 1.50 bits per heavy atom. The molecule has 0 radical (unpaired) electrons. The standard InChI is InChI=1S/C11H16Cl2N2O/c1-8(2)15(11(16)10(12)13)7-9-5-4-6-14(9)3/h4-6,8,10H,7H2,1-3H3. The first-order valence-electron chi connectivity index (χ1n) is 5.12. The van der Waals surface area contributed by atoms with Gasteiger partial charge in [-0.3, -0.25) is 4.79 Å². The number of alkyl halides is 2. The number of hydrogen-bond acceptors (Lipinski definition) is 1. The van der Waals surface area contributed by atoms with E-state index >= 15 is 0 Å². The summed E-state index contributed by atoms with van der Waals surface area (Å²) in [5.74, 6) is -0.250. The Labute approximate surface area is 106 Å². The van der Waals surface area contributed by atoms with Crippen LogP contribution in [0.3, 0.4) is 0 Å². The van der Waals surface area contributed by atoms with E-state index in [-0.39, 0.29) is 11.9 Å². The molecule has 0 aliphatic carbocycles. The zero-order chi connectivity index (χ0) is 12.3. The average molecular weight is 263 g/mol. The van der Waals surface area contributed by atoms with Crippen LogP contribution in [0.25, 0.3) is 0 Å². The van der Waals surface area contributed by atoms with Crippen molar-refractivity contribution in [2.24, 2.45) is 7.05 Å². The van der Waals surface area contributed by atoms with Crippen LogP contribution in [0.4, 0.5) is 0 Å². The van der Waals surface area contributed by atoms with Crippen LogP contribution in [0.1, 0.15) is 19.5 Å². The van der Waals surface area contributed by atoms with Crippen LogP contribution in [-0.4, -0.2) is 26.3 Å². The fraction of sp³-hybridized carbons (Fsp3) is 0.545. The van der Waals surface area contributed by atoms with Gasteiger partial charge >= 0.3 is 0 Å². The third-order valence-electron chi connectivity index (χ3n) is 2.48. The van der Waals surface area contributed by atoms with Crippen LogP contribution in [0.15, 0.2) is 18.3 Å². The summed E-state index contributed by atoms with van der Waals surface area (Å²) in [5.41, 5.74) is 1.05. The summed E-state index contributed by atoms with van der Waals surface area (Å²) in [6.07, 6.45) is 1.94. The Morgan fingerprint density at radius 2 is 2.12 bits per heavy atom. The minimum atomic E-state index is -0.998. The molecule has 0 atom stereocenters. The minimum Gasteiger partial charge on any atom is -0.353 e. The summed E-state index contributed by atoms with van der Waals surface area (Å²) in [4.78, 5) is 12.4. The third kappa shape index (κ3) is 3.16. The predicted molar refractivity (Wildman–Crippen MR) is 66.6 cm³/mol. The second-order valence-electron chi connectivity index (χ2n) is 3.97. The van der Waals surface area contributed by atoms with Gasteiger partial charge in [-0.1, -0.05) is 23.2 Å². The first-order valence-corrected chi connectivity index (χ1v) is 5.99. The van der Waals surface area contributed by atoms with E-state index < -0.39 is 4.84 Å². The maximum absolute atomic E-state index is 11.8. The molecule has 0 unspecified atom stereocenters. The smallest absolute Gasteiger partial charge is 0.256 e. The lowest BCUT2D eigenvalue weighted by molar-refractivity contribution is -0.131. The van der Waals surface area contributed by atoms with Crippen molar-refractivity contribution >= 4 is 29.1 Å². The van der Waals surface area contributed by atoms with Crippen LogP contribution >= 0.6 is 23.2 Å². The first-order chi connectivity index (χ1) is 7.43. The number of aromatic nitrogens is 1. The van der Waals surface area contributed by atoms with E-state index in [4.69, 9.17) is 23.2 Å². The Bertz CT molecular complexity index is 361. The molecular weight excluding hydrogens is 247 g/mol. The topological polar surface area (TPSA) is 25.2 Å². The van der Waals surface area contributed by atoms with Crippen LogP contribution in [-0.2, 0) is 18.4 Å². The van der Waals surface area contributed by atoms with Gasteiger partial charge in [0.05, 0.1) is 6.54 Å². The van der Waals surface area contributed by atoms with Crippen molar-refractivity contribution in [2.45, 2.75) is 31.3 Å². The molecule has 0 saturated carbocycles. The SMILES string of the molecule is CC(C)N(Cc1cccn1C)C(=O)C(Cl)Cl. The van der Waals surface area contributed by atoms with Crippen LogP contribution in [0, 0.1) is 0 Å². The molecule has 1 aromatic heterocycles. The number of nitrogens with zero attached hydrogens (tertiary/aromatic N) is 2. The van der Waals surface area contributed by atoms with Crippen molar-refractivity contribution in [1.82, 2.24) is 9.47 Å². The van der Waals surface area contributed by atoms with Crippen molar-refractivity contribution in [3.8, 4) is 0 Å². The highest BCUT2D eigenvalue weighted by molar-refractivity contribution is 6.53. The Balaban J connectivity index is 2.81. The van der Waals surface area contributed by atoms with Crippen molar-refractivity contribution < 1.29 is 4.79 Å². The summed E-state index contributed by atoms with van der Waals surface area (Å²) >= 11 is 11.2. The zero-order valence-corrected chi connectivity index (χ0v) is 11.2. The lowest BCUT2D eigenvalue weighted by Crippen LogP contribution is -2.39. The molecule has 0 N–H and O–H groups in total. The summed E-state index contributed by atoms with van der Waals surface area (Å²) in [7, 11) is 1.94. The Morgan fingerprint density at radius 3 is 2.50 bits per heavy atom. The van der Waals surface area contributed by atoms with Gasteiger partial charge in [0.2, 0.25) is 0 Å². The summed E-state index contributed by atoms with van der Waals surface area (Å²) in [6.45, 7) is 4.41. The molecule has 0 aromatic carbocycles. The average Bonchev–Trinajstić information content (AvgIpc) is 2.59. The molecule has 1 amide bonds. The van der Waals surface area contributed by atoms with Gasteiger partial charge in [-0.15, -0.1) is 0 Å². The van der Waals surface area contributed by atoms with Gasteiger partial charge in [-0.05, 0) is 26.0 Å². The van der Waals surface area contributed by atoms with Crippen molar-refractivity contribution in [1.29, 1.82) is 0 Å². The first kappa shape index (κ1) is 13.4. The largest absolute Gasteiger partial charge is 0.353 e. The maximum Gasteiger partial charge on any atom is 0.256 e. The molecule has 0 fully saturated rings. The second-order valence-corrected chi connectivity index (χ2v) is 5.07. The van der Waals surface area contributed by atoms with Gasteiger partial charge < -0.3 is 9.47 Å². The molecular formula is C11H16Cl2N2O. The van der Waals surface area contributed by atoms with Crippen LogP contribution in [0.5, 0.6) is 0 Å². The van der Waals surface area contributed by atoms with Crippen molar-refractivity contribution in [3.05, 3.63) is 24.0 Å². The molecule has 0 bridgehead atoms. The monoisotopic (exact) mass is 262 g/mol. The quantitative estimate of drug-likeness (QED) is 0.766. The van der Waals surface area contributed by atoms with E-state index in [9.17, 15) is 4.79 Å². The molecule has 5 heteroatoms. The van der Waals surface area contributed by atoms with Crippen LogP contribution in [0.2, 0.25) is 0 Å². The van der Waals surface area contributed by atoms with E-state index in [0.717, 1.165) is 5.69 Å². The van der Waals surface area contributed by atoms with Gasteiger partial charge in [0.25, 0.3) is 5.91 Å². The van der Waals surface area contributed by atoms with Crippen molar-refractivity contribution in [3.63, 3.8) is 0 Å². The van der Waals surface area contributed by atoms with Gasteiger partial charge in [0, 0.05) is 25.0 Å². The summed E-state index contributed by atoms with van der Waals surface area (Å²) in [6, 6.07) is 3.99. The van der Waals surface area contributed by atoms with E-state index in [0.29, 0.717) is 6.54 Å². The minimum absolute atomic E-state index is 0.0717. The molecule has 1 aromatic rings. The number of carbonyl (C=O) groups excluding carboxylic acids is 1. The number of carbonyl (C=O) groups is 1. The van der Waals surface area contributed by atoms with Gasteiger partial charge in [-0.2, -0.15) is 0 Å². The number of halogens is 2. The van der Waals surface area contributed by atoms with E-state index in [1.165, 1.54) is 0 Å². The highest BCUT2D eigenvalue weighted by Crippen LogP contribution is 2.14. The number of aryl methyl sites for hydroxylation is 1. The lowest BCUT2D eigenvalue weighted by atomic mass is 10.3. The number of hydrogen-bond donors (Lipinski definition) is 0. The fourth-order valence-corrected chi connectivity index (χ4v) is 1.73. The molecule has 90 valence electrons. The van der Waals surface area contributed by atoms with E-state index in [2.05, 4.69) is 0 Å². The molecule has 0 aliphatic heterocycles. The molecule has 1 rings (SSSR count). The maximum atomic E-state index is 11.8. The van der Waals surface area contributed by atoms with Gasteiger partial charge in [0.1, 0.15) is 0 Å². The van der Waals surface area contributed by atoms with Gasteiger partial charge in [-0.25, -0.2) is 0 Å². The van der Waals surface area contributed by atoms with Crippen LogP contribution < -0.4 is 0 Å². The number of amides is 1. The second kappa shape index (κ2) is 5.60. The highest BCUT2D eigenvalue weighted by Gasteiger charge is 2.23. The molecule has 0 aliphatic rings. The Hall–Kier alpha value is -0.670. The fourth-order valence-electron chi connectivity index (χ4n) is 1.48. The normalized spacial score (nSPS) is 11.2. The lowest BCUT2D eigenvalue weighted by Gasteiger charge is -2.27. The third-order valence-corrected chi connectivity index (χ3v) is 2.85. The molecule has 0 saturated heterocycles. The van der Waals surface area contributed by atoms with Gasteiger partial charge in [0.15, 0.2) is 4.84 Å². The molecule has 16 heavy (non-hydrogen) atoms. The van der Waals surface area contributed by atoms with E-state index in [1.54, 1.807) is 4.90 Å². The molecule has 1 heterocycles. The summed E-state index contributed by atoms with van der Waals surface area (Å²) in [5, 5.41) is 0. The van der Waals surface area contributed by atoms with E-state index in [1.807, 2.05) is 43.8 Å². The molecule has 0 spiro atoms. The highest BCUT2D eigenvalue weighted by atomic mass is 35.5. The van der Waals surface area contributed by atoms with Crippen molar-refractivity contribution in [2.75, 3.05) is 0 Å². The zero-order valence-electron chi connectivity index (χ0n) is 9.65. The number of rotatable bonds is 4.